The third kappa shape index (κ3) is 31.3. The van der Waals surface area contributed by atoms with Crippen LogP contribution < -0.4 is 16.0 Å². The third-order valence-electron chi connectivity index (χ3n) is 29.7. The third-order valence-corrected chi connectivity index (χ3v) is 29.7. The number of nitrogens with one attached hydrogen (secondary N) is 3. The van der Waals surface area contributed by atoms with Crippen molar-refractivity contribution in [1.82, 2.24) is 25.8 Å². The lowest BCUT2D eigenvalue weighted by atomic mass is 9.85. The first-order valence-electron chi connectivity index (χ1n) is 54.2. The van der Waals surface area contributed by atoms with E-state index in [1.54, 1.807) is 18.2 Å². The molecule has 18 rings (SSSR count). The lowest BCUT2D eigenvalue weighted by Crippen LogP contribution is -2.47. The van der Waals surface area contributed by atoms with Crippen LogP contribution in [0.15, 0.2) is 191 Å². The summed E-state index contributed by atoms with van der Waals surface area (Å²) in [6, 6.07) is 53.8. The van der Waals surface area contributed by atoms with Gasteiger partial charge in [0.2, 0.25) is 23.6 Å². The number of amides is 4. The van der Waals surface area contributed by atoms with Crippen molar-refractivity contribution in [2.24, 2.45) is 16.7 Å². The number of nitrogens with zero attached hydrogens (tertiary/aromatic N) is 2. The van der Waals surface area contributed by atoms with E-state index in [1.807, 2.05) is 50.8 Å². The number of fused-ring (bicyclic) bond motifs is 8. The molecule has 1 unspecified atom stereocenters. The lowest BCUT2D eigenvalue weighted by molar-refractivity contribution is -0.138. The van der Waals surface area contributed by atoms with Crippen molar-refractivity contribution in [3.63, 3.8) is 0 Å². The van der Waals surface area contributed by atoms with Gasteiger partial charge in [0.1, 0.15) is 0 Å². The standard InChI is InChI=1S/C21H31NO.C19H26N2O.C18H25NO.C17H24.C16H20O2.C16H20.C15H19NO.C13H16/c1-8-18(21(5,6)7)22-19(23)16-11-14-9-10-17(20(2,3)4)13-15(14)12-16;1-19(2,3)17-6-5-14-11-16(12-15(14)13-17)18(22)21-9-7-20(4)8-10-21;1-17(2,3)15-8-7-12-9-14(10-13(12)11-15)16(20)19-18(4,5)6;1-16(2,3)14-8-7-12-9-15(17(4,5)6)11-13(12)10-14;1-5-18-15(17)13-8-11-6-7-14(16(2,3)4)10-12(11)9-13;1-16(2,3)15-7-6-12-8-13(11-4-5-11)9-14(12)10-15;1-15(2,3)13-6-5-10-7-12(14(17)16-4)8-11(10)9-13;1-13(2,3)12-8-7-10-5-4-6-11(10)9-12/h9-10,12-13,18H,8,11H2,1-7H3,(H,22,23);5-6,12-13H,7-11H2,1-4H3;7-8,10-11H,9H2,1-6H3,(H,19,20);7-8,10-11H,9H2,1-6H3;6-7,9-10H,5,8H2,1-4H3;6-7,9-11H,4-5,8H2,1-3H3;5-6,8-9H,7H2,1-4H3,(H,16,17);4,6-9H,5H2,1-3H3. The molecule has 1 saturated carbocycles. The Morgan fingerprint density at radius 3 is 0.966 bits per heavy atom. The molecule has 0 spiro atoms. The van der Waals surface area contributed by atoms with Gasteiger partial charge in [0, 0.05) is 105 Å². The van der Waals surface area contributed by atoms with Crippen molar-refractivity contribution in [2.75, 3.05) is 46.9 Å². The molecular formula is C135H181N5O6. The van der Waals surface area contributed by atoms with Crippen LogP contribution >= 0.6 is 0 Å². The number of ether oxygens (including phenoxy) is 1. The molecule has 146 heavy (non-hydrogen) atoms. The van der Waals surface area contributed by atoms with Gasteiger partial charge in [-0.15, -0.1) is 0 Å². The highest BCUT2D eigenvalue weighted by Gasteiger charge is 2.35. The van der Waals surface area contributed by atoms with Gasteiger partial charge >= 0.3 is 5.97 Å². The van der Waals surface area contributed by atoms with Gasteiger partial charge in [-0.2, -0.15) is 0 Å². The van der Waals surface area contributed by atoms with Crippen LogP contribution in [0.2, 0.25) is 0 Å². The minimum atomic E-state index is -0.191. The summed E-state index contributed by atoms with van der Waals surface area (Å²) < 4.78 is 5.05. The van der Waals surface area contributed by atoms with Crippen molar-refractivity contribution in [3.8, 4) is 0 Å². The van der Waals surface area contributed by atoms with Crippen LogP contribution in [0.4, 0.5) is 0 Å². The maximum absolute atomic E-state index is 12.7. The molecule has 0 radical (unpaired) electrons. The Labute approximate surface area is 882 Å². The SMILES string of the molecule is CC(C)(C)C1=Cc2cc(C(C)(C)C)ccc2C1.CC(C)(C)NC(=O)C1=Cc2cc(C(C)(C)C)ccc2C1.CC(C)(C)c1ccc2c(c1)C=C(C1CC1)C2.CC(C)(C)c1ccc2c(c1)C=CC2.CCC(NC(=O)C1=Cc2cc(C(C)(C)C)ccc2C1)C(C)(C)C.CCOC(=O)C1=Cc2cc(C(C)(C)C)ccc2C1.CN1CCN(C(=O)C2=Cc3cc(C(C)(C)C)ccc3C2)CC1.CNC(=O)C1=Cc2cc(C(C)(C)C)ccc2C1. The Bertz CT molecular complexity index is 6400. The molecule has 4 amide bonds. The van der Waals surface area contributed by atoms with Gasteiger partial charge in [-0.25, -0.2) is 4.79 Å². The van der Waals surface area contributed by atoms with Crippen LogP contribution in [0.1, 0.15) is 395 Å². The number of hydrogen-bond acceptors (Lipinski definition) is 7. The number of piperazine rings is 1. The molecule has 0 aromatic heterocycles. The van der Waals surface area contributed by atoms with E-state index in [1.165, 1.54) is 147 Å². The van der Waals surface area contributed by atoms with Gasteiger partial charge in [0.05, 0.1) is 6.61 Å². The predicted octanol–water partition coefficient (Wildman–Crippen LogP) is 30.4. The van der Waals surface area contributed by atoms with Crippen LogP contribution in [-0.2, 0) is 123 Å². The Kier molecular flexibility index (Phi) is 36.0. The number of likely N-dealkylation sites (N-methyl/N-ethyl adjacent to an activating group) is 2. The number of rotatable bonds is 9. The Morgan fingerprint density at radius 2 is 0.637 bits per heavy atom. The molecule has 10 aliphatic rings. The number of esters is 1. The Hall–Kier alpha value is -11.0. The second-order valence-corrected chi connectivity index (χ2v) is 53.8. The molecule has 782 valence electrons. The smallest absolute Gasteiger partial charge is 0.334 e. The molecule has 2 fully saturated rings. The average Bonchev–Trinajstić information content (AvgIpc) is 1.74. The monoisotopic (exact) mass is 1970 g/mol. The van der Waals surface area contributed by atoms with Gasteiger partial charge in [0.15, 0.2) is 0 Å². The van der Waals surface area contributed by atoms with E-state index >= 15 is 0 Å². The molecule has 1 atom stereocenters. The van der Waals surface area contributed by atoms with Crippen LogP contribution in [0, 0.1) is 16.7 Å². The van der Waals surface area contributed by atoms with Crippen molar-refractivity contribution in [2.45, 2.75) is 368 Å². The van der Waals surface area contributed by atoms with E-state index < -0.39 is 0 Å². The van der Waals surface area contributed by atoms with E-state index in [9.17, 15) is 24.0 Å². The maximum Gasteiger partial charge on any atom is 0.334 e. The summed E-state index contributed by atoms with van der Waals surface area (Å²) >= 11 is 0. The molecule has 3 N–H and O–H groups in total. The van der Waals surface area contributed by atoms with Crippen LogP contribution in [0.3, 0.4) is 0 Å². The van der Waals surface area contributed by atoms with Crippen LogP contribution in [0.25, 0.3) is 48.6 Å². The van der Waals surface area contributed by atoms with E-state index in [2.05, 4.69) is 425 Å². The van der Waals surface area contributed by atoms with Crippen LogP contribution in [-0.4, -0.2) is 97.9 Å². The summed E-state index contributed by atoms with van der Waals surface area (Å²) in [6.07, 6.45) is 30.4. The fourth-order valence-corrected chi connectivity index (χ4v) is 19.5. The van der Waals surface area contributed by atoms with Crippen molar-refractivity contribution < 1.29 is 28.7 Å². The number of hydrogen-bond donors (Lipinski definition) is 3. The average molecular weight is 1970 g/mol. The quantitative estimate of drug-likeness (QED) is 0.122. The first kappa shape index (κ1) is 115. The van der Waals surface area contributed by atoms with E-state index in [-0.39, 0.29) is 89.9 Å². The van der Waals surface area contributed by atoms with Crippen LogP contribution in [0.5, 0.6) is 0 Å². The van der Waals surface area contributed by atoms with E-state index in [0.717, 1.165) is 110 Å². The molecule has 11 heteroatoms. The summed E-state index contributed by atoms with van der Waals surface area (Å²) in [6.45, 7) is 81.1. The Morgan fingerprint density at radius 1 is 0.336 bits per heavy atom. The summed E-state index contributed by atoms with van der Waals surface area (Å²) in [5, 5.41) is 8.93. The van der Waals surface area contributed by atoms with E-state index in [0.29, 0.717) is 18.4 Å². The number of allylic oxidation sites excluding steroid dienone is 3. The fourth-order valence-electron chi connectivity index (χ4n) is 19.5. The van der Waals surface area contributed by atoms with Gasteiger partial charge < -0.3 is 30.5 Å². The van der Waals surface area contributed by atoms with Crippen molar-refractivity contribution in [3.05, 3.63) is 324 Å². The zero-order chi connectivity index (χ0) is 108. The van der Waals surface area contributed by atoms with Gasteiger partial charge in [-0.1, -0.05) is 396 Å². The molecule has 1 aliphatic heterocycles. The highest BCUT2D eigenvalue weighted by molar-refractivity contribution is 6.03. The maximum atomic E-state index is 12.7. The minimum Gasteiger partial charge on any atom is -0.463 e. The number of carbonyl (C=O) groups excluding carboxylic acids is 5. The number of benzene rings is 8. The lowest BCUT2D eigenvalue weighted by Gasteiger charge is -2.32. The minimum absolute atomic E-state index is 0.0264. The van der Waals surface area contributed by atoms with Crippen molar-refractivity contribution >= 4 is 78.2 Å². The molecule has 8 aromatic carbocycles. The zero-order valence-electron chi connectivity index (χ0n) is 96.9. The molecule has 1 heterocycles. The first-order chi connectivity index (χ1) is 67.5. The van der Waals surface area contributed by atoms with Crippen molar-refractivity contribution in [1.29, 1.82) is 0 Å². The second kappa shape index (κ2) is 45.6. The van der Waals surface area contributed by atoms with Gasteiger partial charge in [-0.3, -0.25) is 19.2 Å². The van der Waals surface area contributed by atoms with Gasteiger partial charge in [0.25, 0.3) is 0 Å². The summed E-state index contributed by atoms with van der Waals surface area (Å²) in [4.78, 5) is 65.1. The fraction of sp³-hybridized carbons (Fsp3) is 0.489. The molecule has 8 aromatic rings. The normalized spacial score (nSPS) is 16.1. The van der Waals surface area contributed by atoms with E-state index in [4.69, 9.17) is 4.74 Å². The number of carbonyl (C=O) groups is 5. The Balaban J connectivity index is 0.000000159. The molecule has 9 aliphatic carbocycles. The summed E-state index contributed by atoms with van der Waals surface area (Å²) in [5.41, 5.74) is 41.1. The molecule has 0 bridgehead atoms. The zero-order valence-corrected chi connectivity index (χ0v) is 96.9. The molecule has 1 saturated heterocycles. The van der Waals surface area contributed by atoms with Gasteiger partial charge in [-0.05, 0) is 297 Å². The highest BCUT2D eigenvalue weighted by Crippen LogP contribution is 2.45. The summed E-state index contributed by atoms with van der Waals surface area (Å²) in [7, 11) is 3.78. The summed E-state index contributed by atoms with van der Waals surface area (Å²) in [5.74, 6) is 1.11. The highest BCUT2D eigenvalue weighted by atomic mass is 16.5. The largest absolute Gasteiger partial charge is 0.463 e. The predicted molar refractivity (Wildman–Crippen MR) is 622 cm³/mol. The second-order valence-electron chi connectivity index (χ2n) is 53.8. The topological polar surface area (TPSA) is 137 Å². The molecular weight excluding hydrogens is 1790 g/mol. The molecule has 11 nitrogen and oxygen atoms in total. The first-order valence-corrected chi connectivity index (χ1v) is 54.2.